The molecule has 3 aromatic carbocycles. The van der Waals surface area contributed by atoms with E-state index in [9.17, 15) is 9.59 Å². The number of nitrogens with one attached hydrogen (secondary N) is 1. The molecule has 2 atom stereocenters. The number of hydrogen-bond donors (Lipinski definition) is 1. The van der Waals surface area contributed by atoms with Crippen LogP contribution in [0, 0.1) is 6.92 Å². The molecule has 2 heterocycles. The maximum Gasteiger partial charge on any atom is 0.262 e. The smallest absolute Gasteiger partial charge is 0.262 e. The fourth-order valence-electron chi connectivity index (χ4n) is 4.23. The van der Waals surface area contributed by atoms with Gasteiger partial charge in [-0.25, -0.2) is 5.01 Å². The first-order valence-electron chi connectivity index (χ1n) is 11.7. The Labute approximate surface area is 219 Å². The molecule has 0 aromatic heterocycles. The van der Waals surface area contributed by atoms with Gasteiger partial charge in [-0.05, 0) is 42.5 Å². The van der Waals surface area contributed by atoms with Crippen molar-refractivity contribution in [2.45, 2.75) is 36.0 Å². The van der Waals surface area contributed by atoms with E-state index in [-0.39, 0.29) is 24.3 Å². The van der Waals surface area contributed by atoms with E-state index in [2.05, 4.69) is 53.6 Å². The first kappa shape index (κ1) is 24.3. The lowest BCUT2D eigenvalue weighted by Gasteiger charge is -2.23. The predicted molar refractivity (Wildman–Crippen MR) is 149 cm³/mol. The summed E-state index contributed by atoms with van der Waals surface area (Å²) < 4.78 is 0. The highest BCUT2D eigenvalue weighted by Crippen LogP contribution is 2.38. The van der Waals surface area contributed by atoms with Crippen LogP contribution in [0.25, 0.3) is 0 Å². The molecular formula is C28H26N4O2S2. The first-order chi connectivity index (χ1) is 17.5. The Morgan fingerprint density at radius 1 is 1.08 bits per heavy atom. The van der Waals surface area contributed by atoms with Gasteiger partial charge < -0.3 is 5.32 Å². The van der Waals surface area contributed by atoms with E-state index in [0.29, 0.717) is 11.6 Å². The number of amides is 2. The van der Waals surface area contributed by atoms with Gasteiger partial charge in [0.05, 0.1) is 11.8 Å². The molecule has 3 aromatic rings. The highest BCUT2D eigenvalue weighted by molar-refractivity contribution is 8.15. The molecule has 0 radical (unpaired) electrons. The summed E-state index contributed by atoms with van der Waals surface area (Å²) in [5.74, 6) is -0.505. The highest BCUT2D eigenvalue weighted by Gasteiger charge is 2.39. The van der Waals surface area contributed by atoms with E-state index in [1.54, 1.807) is 11.8 Å². The molecule has 0 spiro atoms. The van der Waals surface area contributed by atoms with E-state index < -0.39 is 5.25 Å². The van der Waals surface area contributed by atoms with E-state index in [1.807, 2.05) is 53.7 Å². The maximum atomic E-state index is 12.8. The predicted octanol–water partition coefficient (Wildman–Crippen LogP) is 5.89. The number of amidine groups is 1. The lowest BCUT2D eigenvalue weighted by atomic mass is 9.98. The third kappa shape index (κ3) is 5.39. The second kappa shape index (κ2) is 10.7. The van der Waals surface area contributed by atoms with E-state index in [0.717, 1.165) is 27.4 Å². The molecular weight excluding hydrogens is 488 g/mol. The number of carbonyl (C=O) groups excluding carboxylic acids is 2. The zero-order valence-electron chi connectivity index (χ0n) is 20.0. The number of aryl methyl sites for hydroxylation is 1. The number of nitrogens with zero attached hydrogens (tertiary/aromatic N) is 3. The SMILES string of the molecule is CSc1cccc(NC(=O)CC2SC(N3N=C(c4ccc(C)cc4)CC3c3ccccc3)=NC2=O)c1. The highest BCUT2D eigenvalue weighted by atomic mass is 32.2. The zero-order chi connectivity index (χ0) is 25.1. The molecule has 8 heteroatoms. The lowest BCUT2D eigenvalue weighted by molar-refractivity contribution is -0.121. The Balaban J connectivity index is 1.33. The Kier molecular flexibility index (Phi) is 7.25. The average molecular weight is 515 g/mol. The van der Waals surface area contributed by atoms with Gasteiger partial charge in [0, 0.05) is 23.4 Å². The number of anilines is 1. The van der Waals surface area contributed by atoms with Crippen LogP contribution in [-0.2, 0) is 9.59 Å². The van der Waals surface area contributed by atoms with Crippen LogP contribution >= 0.6 is 23.5 Å². The molecule has 5 rings (SSSR count). The van der Waals surface area contributed by atoms with E-state index >= 15 is 0 Å². The number of aliphatic imine (C=N–C) groups is 1. The molecule has 182 valence electrons. The maximum absolute atomic E-state index is 12.8. The summed E-state index contributed by atoms with van der Waals surface area (Å²) in [6, 6.07) is 26.0. The third-order valence-electron chi connectivity index (χ3n) is 6.13. The second-order valence-corrected chi connectivity index (χ2v) is 10.8. The Hall–Kier alpha value is -3.36. The molecule has 2 aliphatic rings. The minimum Gasteiger partial charge on any atom is -0.326 e. The van der Waals surface area contributed by atoms with Gasteiger partial charge in [0.2, 0.25) is 5.91 Å². The van der Waals surface area contributed by atoms with Gasteiger partial charge >= 0.3 is 0 Å². The molecule has 2 unspecified atom stereocenters. The van der Waals surface area contributed by atoms with Gasteiger partial charge in [-0.2, -0.15) is 10.1 Å². The quantitative estimate of drug-likeness (QED) is 0.415. The minimum absolute atomic E-state index is 0.0539. The number of rotatable bonds is 6. The molecule has 0 aliphatic carbocycles. The van der Waals surface area contributed by atoms with E-state index in [4.69, 9.17) is 5.10 Å². The van der Waals surface area contributed by atoms with Crippen molar-refractivity contribution in [3.8, 4) is 0 Å². The Morgan fingerprint density at radius 3 is 2.61 bits per heavy atom. The molecule has 6 nitrogen and oxygen atoms in total. The van der Waals surface area contributed by atoms with Gasteiger partial charge in [-0.1, -0.05) is 78.0 Å². The summed E-state index contributed by atoms with van der Waals surface area (Å²) >= 11 is 2.92. The summed E-state index contributed by atoms with van der Waals surface area (Å²) in [7, 11) is 0. The molecule has 2 aliphatic heterocycles. The van der Waals surface area contributed by atoms with Crippen molar-refractivity contribution in [1.29, 1.82) is 0 Å². The van der Waals surface area contributed by atoms with Crippen molar-refractivity contribution in [1.82, 2.24) is 5.01 Å². The number of hydrazone groups is 1. The Morgan fingerprint density at radius 2 is 1.86 bits per heavy atom. The van der Waals surface area contributed by atoms with Crippen molar-refractivity contribution < 1.29 is 9.59 Å². The molecule has 0 saturated heterocycles. The zero-order valence-corrected chi connectivity index (χ0v) is 21.7. The monoisotopic (exact) mass is 514 g/mol. The second-order valence-electron chi connectivity index (χ2n) is 8.71. The minimum atomic E-state index is -0.571. The van der Waals surface area contributed by atoms with Crippen molar-refractivity contribution >= 4 is 51.9 Å². The third-order valence-corrected chi connectivity index (χ3v) is 8.00. The summed E-state index contributed by atoms with van der Waals surface area (Å²) in [5.41, 5.74) is 5.03. The number of hydrogen-bond acceptors (Lipinski definition) is 6. The number of benzene rings is 3. The van der Waals surface area contributed by atoms with Crippen LogP contribution in [0.4, 0.5) is 5.69 Å². The van der Waals surface area contributed by atoms with Gasteiger partial charge in [0.15, 0.2) is 5.17 Å². The first-order valence-corrected chi connectivity index (χ1v) is 13.8. The van der Waals surface area contributed by atoms with Crippen LogP contribution in [0.1, 0.15) is 35.6 Å². The Bertz CT molecular complexity index is 1340. The lowest BCUT2D eigenvalue weighted by Crippen LogP contribution is -2.25. The fraction of sp³-hybridized carbons (Fsp3) is 0.214. The van der Waals surface area contributed by atoms with Crippen molar-refractivity contribution in [2.75, 3.05) is 11.6 Å². The van der Waals surface area contributed by atoms with Crippen LogP contribution in [0.3, 0.4) is 0 Å². The van der Waals surface area contributed by atoms with Gasteiger partial charge in [-0.15, -0.1) is 11.8 Å². The van der Waals surface area contributed by atoms with Crippen LogP contribution in [0.5, 0.6) is 0 Å². The molecule has 0 saturated carbocycles. The molecule has 36 heavy (non-hydrogen) atoms. The largest absolute Gasteiger partial charge is 0.326 e. The number of carbonyl (C=O) groups is 2. The summed E-state index contributed by atoms with van der Waals surface area (Å²) in [6.07, 6.45) is 2.75. The summed E-state index contributed by atoms with van der Waals surface area (Å²) in [5, 5.41) is 9.64. The van der Waals surface area contributed by atoms with Crippen LogP contribution in [0.15, 0.2) is 93.9 Å². The molecule has 1 N–H and O–H groups in total. The van der Waals surface area contributed by atoms with Crippen molar-refractivity contribution in [3.05, 3.63) is 95.6 Å². The number of thioether (sulfide) groups is 2. The molecule has 0 fully saturated rings. The molecule has 0 bridgehead atoms. The normalized spacial score (nSPS) is 19.3. The standard InChI is InChI=1S/C28H26N4O2S2/c1-18-11-13-19(14-12-18)23-16-24(20-7-4-3-5-8-20)32(31-23)28-30-27(34)25(36-28)17-26(33)29-21-9-6-10-22(15-21)35-2/h3-15,24-25H,16-17H2,1-2H3,(H,29,33). The summed E-state index contributed by atoms with van der Waals surface area (Å²) in [6.45, 7) is 2.06. The van der Waals surface area contributed by atoms with Crippen molar-refractivity contribution in [2.24, 2.45) is 10.1 Å². The average Bonchev–Trinajstić information content (AvgIpc) is 3.49. The van der Waals surface area contributed by atoms with E-state index in [1.165, 1.54) is 17.3 Å². The van der Waals surface area contributed by atoms with Crippen LogP contribution < -0.4 is 5.32 Å². The van der Waals surface area contributed by atoms with Gasteiger partial charge in [0.25, 0.3) is 5.91 Å². The van der Waals surface area contributed by atoms with Gasteiger partial charge in [-0.3, -0.25) is 9.59 Å². The molecule has 2 amide bonds. The van der Waals surface area contributed by atoms with Crippen molar-refractivity contribution in [3.63, 3.8) is 0 Å². The summed E-state index contributed by atoms with van der Waals surface area (Å²) in [4.78, 5) is 30.9. The fourth-order valence-corrected chi connectivity index (χ4v) is 5.75. The topological polar surface area (TPSA) is 74.1 Å². The van der Waals surface area contributed by atoms with Crippen LogP contribution in [-0.4, -0.2) is 39.2 Å². The van der Waals surface area contributed by atoms with Gasteiger partial charge in [0.1, 0.15) is 5.25 Å². The van der Waals surface area contributed by atoms with Crippen LogP contribution in [0.2, 0.25) is 0 Å².